The summed E-state index contributed by atoms with van der Waals surface area (Å²) in [6.45, 7) is -0.235. The Morgan fingerprint density at radius 1 is 1.00 bits per heavy atom. The van der Waals surface area contributed by atoms with Gasteiger partial charge < -0.3 is 62.7 Å². The Balaban J connectivity index is 0.000000412. The van der Waals surface area contributed by atoms with E-state index in [1.54, 1.807) is 17.2 Å². The number of primary amides is 1. The first kappa shape index (κ1) is 39.0. The van der Waals surface area contributed by atoms with Crippen LogP contribution in [0.5, 0.6) is 0 Å². The van der Waals surface area contributed by atoms with Crippen molar-refractivity contribution in [2.75, 3.05) is 13.2 Å². The zero-order valence-electron chi connectivity index (χ0n) is 22.5. The first-order valence-electron chi connectivity index (χ1n) is 12.1. The second-order valence-corrected chi connectivity index (χ2v) is 9.94. The molecule has 0 spiro atoms. The third-order valence-electron chi connectivity index (χ3n) is 6.63. The van der Waals surface area contributed by atoms with E-state index in [0.29, 0.717) is 5.84 Å². The molecule has 0 radical (unpaired) electrons. The summed E-state index contributed by atoms with van der Waals surface area (Å²) in [6.07, 6.45) is -2.77. The first-order valence-corrected chi connectivity index (χ1v) is 13.5. The molecule has 0 aliphatic carbocycles. The number of pyridine rings is 1. The molecule has 12 N–H and O–H groups in total. The Morgan fingerprint density at radius 3 is 2.23 bits per heavy atom. The van der Waals surface area contributed by atoms with Gasteiger partial charge in [0.25, 0.3) is 12.1 Å². The summed E-state index contributed by atoms with van der Waals surface area (Å²) >= 11 is 0. The molecule has 4 aliphatic heterocycles. The summed E-state index contributed by atoms with van der Waals surface area (Å²) in [7, 11) is -1.05. The van der Waals surface area contributed by atoms with Gasteiger partial charge in [0.1, 0.15) is 54.3 Å². The number of amidine groups is 1. The fourth-order valence-corrected chi connectivity index (χ4v) is 4.95. The molecule has 0 saturated carbocycles. The number of rotatable bonds is 9. The van der Waals surface area contributed by atoms with Crippen LogP contribution >= 0.6 is 17.4 Å². The highest BCUT2D eigenvalue weighted by Crippen LogP contribution is 2.30. The highest BCUT2D eigenvalue weighted by atomic mass is 31.1. The molecule has 5 heterocycles. The number of aliphatic hydroxyl groups excluding tert-OH is 4. The fourth-order valence-electron chi connectivity index (χ4n) is 4.54. The summed E-state index contributed by atoms with van der Waals surface area (Å²) in [4.78, 5) is 24.9. The molecule has 1 amide bonds. The number of nitrogens with zero attached hydrogens (tertiary/aromatic N) is 5. The number of aliphatic hydroxyl groups is 4. The number of amides is 1. The predicted octanol–water partition coefficient (Wildman–Crippen LogP) is -4.17. The first-order chi connectivity index (χ1) is 19.7. The third kappa shape index (κ3) is 8.37. The van der Waals surface area contributed by atoms with Gasteiger partial charge in [-0.1, -0.05) is 0 Å². The molecule has 10 atom stereocenters. The van der Waals surface area contributed by atoms with Crippen molar-refractivity contribution in [3.8, 4) is 0 Å². The number of aliphatic imine (C=N–C) groups is 3. The van der Waals surface area contributed by atoms with Crippen LogP contribution in [0.1, 0.15) is 16.6 Å². The van der Waals surface area contributed by atoms with E-state index in [1.807, 2.05) is 0 Å². The summed E-state index contributed by atoms with van der Waals surface area (Å²) in [6, 6.07) is 2.66. The molecule has 2 fully saturated rings. The second kappa shape index (κ2) is 17.5. The highest BCUT2D eigenvalue weighted by molar-refractivity contribution is 7.17. The monoisotopic (exact) mass is 668 g/mol. The Morgan fingerprint density at radius 2 is 1.61 bits per heavy atom. The van der Waals surface area contributed by atoms with Gasteiger partial charge in [-0.2, -0.15) is 4.57 Å². The van der Waals surface area contributed by atoms with Crippen LogP contribution in [0.25, 0.3) is 0 Å². The molecule has 0 aromatic carbocycles. The minimum absolute atomic E-state index is 0. The average Bonchev–Trinajstić information content (AvgIpc) is 3.61. The maximum Gasteiger partial charge on any atom is 0.327 e. The normalized spacial score (nSPS) is 33.4. The quantitative estimate of drug-likeness (QED) is 0.107. The van der Waals surface area contributed by atoms with E-state index < -0.39 is 84.6 Å². The number of hydrogen-bond acceptors (Lipinski definition) is 18. The Labute approximate surface area is 251 Å². The van der Waals surface area contributed by atoms with Gasteiger partial charge in [-0.3, -0.25) is 18.8 Å². The number of carbonyl (C=O) groups is 1. The summed E-state index contributed by atoms with van der Waals surface area (Å²) in [5.74, 6) is -0.288. The van der Waals surface area contributed by atoms with Crippen LogP contribution in [0.15, 0.2) is 39.5 Å². The molecule has 5 rings (SSSR count). The molecule has 4 aliphatic rings. The van der Waals surface area contributed by atoms with Crippen molar-refractivity contribution < 1.29 is 73.9 Å². The molecule has 0 bridgehead atoms. The van der Waals surface area contributed by atoms with Crippen LogP contribution in [-0.4, -0.2) is 134 Å². The fraction of sp³-hybridized carbons (Fsp3) is 0.571. The van der Waals surface area contributed by atoms with Gasteiger partial charge in [0.15, 0.2) is 30.9 Å². The molecule has 1 aromatic rings. The van der Waals surface area contributed by atoms with Crippen LogP contribution in [0.3, 0.4) is 0 Å². The van der Waals surface area contributed by atoms with Crippen molar-refractivity contribution in [2.45, 2.75) is 61.3 Å². The minimum atomic E-state index is -1.21. The molecule has 2 saturated heterocycles. The molecule has 23 heteroatoms. The van der Waals surface area contributed by atoms with E-state index >= 15 is 0 Å². The van der Waals surface area contributed by atoms with Crippen LogP contribution in [0.2, 0.25) is 0 Å². The Kier molecular flexibility index (Phi) is 15.5. The van der Waals surface area contributed by atoms with E-state index in [-0.39, 0.29) is 35.2 Å². The number of carbonyl (C=O) groups excluding carboxylic acids is 1. The van der Waals surface area contributed by atoms with Gasteiger partial charge in [0.2, 0.25) is 0 Å². The lowest BCUT2D eigenvalue weighted by molar-refractivity contribution is -0.765. The van der Waals surface area contributed by atoms with Crippen LogP contribution in [0.4, 0.5) is 0 Å². The van der Waals surface area contributed by atoms with Crippen LogP contribution < -0.4 is 16.0 Å². The van der Waals surface area contributed by atoms with Gasteiger partial charge in [0, 0.05) is 6.07 Å². The number of nitrogens with two attached hydrogens (primary N) is 2. The lowest BCUT2D eigenvalue weighted by Crippen LogP contribution is -2.51. The lowest BCUT2D eigenvalue weighted by Gasteiger charge is -2.31. The standard InChI is InChI=1S/C11H13N2O6P.C10H14N5O5P.3H2O/c12-10(16)6-2-1-3-13(4-6)11-9(15)8(14)7(19-11)5-18-20-17;11-8-5-9(13-2-12-8)15(3-14-5)10-7(17)6(16)4(20-10)1-19-21-18;;;/h1-4,7-9,11,14-15H,5H2,(H-,12,16);2-7,9-10,16-17H,1H2,(H2,11,12,13);3*1H2/p-1/t7-,8?,9+,11-;4-,5?,6?,7+,9?,10-;;;/m11.../s1. The molecular weight excluding hydrogens is 636 g/mol. The maximum absolute atomic E-state index is 11.1. The average molecular weight is 668 g/mol. The summed E-state index contributed by atoms with van der Waals surface area (Å²) in [5.41, 5.74) is 11.2. The van der Waals surface area contributed by atoms with Crippen molar-refractivity contribution in [1.29, 1.82) is 0 Å². The molecule has 21 nitrogen and oxygen atoms in total. The number of ether oxygens (including phenoxy) is 2. The largest absolute Gasteiger partial charge is 0.870 e. The highest BCUT2D eigenvalue weighted by Gasteiger charge is 2.50. The van der Waals surface area contributed by atoms with Crippen molar-refractivity contribution in [1.82, 2.24) is 4.90 Å². The van der Waals surface area contributed by atoms with Gasteiger partial charge in [0.05, 0.1) is 19.6 Å². The predicted molar refractivity (Wildman–Crippen MR) is 144 cm³/mol. The van der Waals surface area contributed by atoms with E-state index in [9.17, 15) is 34.4 Å². The topological polar surface area (TPSA) is 357 Å². The molecule has 44 heavy (non-hydrogen) atoms. The van der Waals surface area contributed by atoms with Crippen molar-refractivity contribution in [2.24, 2.45) is 26.4 Å². The van der Waals surface area contributed by atoms with Crippen molar-refractivity contribution >= 4 is 41.8 Å². The molecule has 4 unspecified atom stereocenters. The molecule has 1 aromatic heterocycles. The van der Waals surface area contributed by atoms with E-state index in [4.69, 9.17) is 20.9 Å². The number of aromatic nitrogens is 1. The lowest BCUT2D eigenvalue weighted by atomic mass is 10.1. The van der Waals surface area contributed by atoms with Gasteiger partial charge in [-0.25, -0.2) is 19.1 Å². The van der Waals surface area contributed by atoms with Crippen LogP contribution in [0, 0.1) is 0 Å². The SMILES string of the molecule is NC(=O)c1ccc[n+]([C@@H]2O[C@H](COP=O)C(O)[C@@H]2O)c1.NC1=NC=NC2C1N=CN2[C@@H]1O[C@H](COP=O)C(O)[C@@H]1O.O.[OH-].[OH-]. The van der Waals surface area contributed by atoms with Gasteiger partial charge in [-0.05, 0) is 6.07 Å². The van der Waals surface area contributed by atoms with Gasteiger partial charge >= 0.3 is 17.4 Å². The van der Waals surface area contributed by atoms with E-state index in [2.05, 4.69) is 24.0 Å². The zero-order chi connectivity index (χ0) is 29.7. The Hall–Kier alpha value is -3.01. The molecule has 246 valence electrons. The Bertz CT molecular complexity index is 1220. The minimum Gasteiger partial charge on any atom is -0.870 e. The summed E-state index contributed by atoms with van der Waals surface area (Å²) in [5, 5.41) is 39.9. The number of hydrogen-bond donors (Lipinski definition) is 6. The smallest absolute Gasteiger partial charge is 0.327 e. The maximum atomic E-state index is 11.1. The molecular formula is C21H32N7O14P2-. The van der Waals surface area contributed by atoms with E-state index in [0.717, 1.165) is 0 Å². The van der Waals surface area contributed by atoms with Crippen LogP contribution in [-0.2, 0) is 27.7 Å². The zero-order valence-corrected chi connectivity index (χ0v) is 24.3. The van der Waals surface area contributed by atoms with Gasteiger partial charge in [-0.15, -0.1) is 0 Å². The second-order valence-electron chi connectivity index (χ2n) is 9.13. The number of fused-ring (bicyclic) bond motifs is 1. The summed E-state index contributed by atoms with van der Waals surface area (Å²) < 4.78 is 42.3. The van der Waals surface area contributed by atoms with Crippen molar-refractivity contribution in [3.63, 3.8) is 0 Å². The third-order valence-corrected chi connectivity index (χ3v) is 7.14. The van der Waals surface area contributed by atoms with Crippen molar-refractivity contribution in [3.05, 3.63) is 30.1 Å². The van der Waals surface area contributed by atoms with E-state index in [1.165, 1.54) is 29.5 Å².